The van der Waals surface area contributed by atoms with Gasteiger partial charge in [0, 0.05) is 52.2 Å². The monoisotopic (exact) mass is 625 g/mol. The first-order valence-electron chi connectivity index (χ1n) is 17.2. The number of aromatic nitrogens is 3. The molecule has 2 aliphatic rings. The van der Waals surface area contributed by atoms with Crippen LogP contribution in [0.25, 0.3) is 61.4 Å². The minimum atomic E-state index is 0.237. The second-order valence-electron chi connectivity index (χ2n) is 13.9. The Kier molecular flexibility index (Phi) is 6.68. The van der Waals surface area contributed by atoms with Gasteiger partial charge >= 0.3 is 0 Å². The first kappa shape index (κ1) is 28.8. The molecule has 4 nitrogen and oxygen atoms in total. The number of rotatable bonds is 2. The van der Waals surface area contributed by atoms with Crippen LogP contribution in [0.3, 0.4) is 0 Å². The first-order chi connectivity index (χ1) is 23.4. The highest BCUT2D eigenvalue weighted by Crippen LogP contribution is 2.46. The van der Waals surface area contributed by atoms with Crippen molar-refractivity contribution in [3.63, 3.8) is 0 Å². The number of aryl methyl sites for hydroxylation is 2. The molecule has 2 unspecified atom stereocenters. The van der Waals surface area contributed by atoms with E-state index < -0.39 is 0 Å². The van der Waals surface area contributed by atoms with Crippen molar-refractivity contribution in [1.82, 2.24) is 4.98 Å². The molecule has 0 fully saturated rings. The number of benzene rings is 3. The smallest absolute Gasteiger partial charge is 0.227 e. The second-order valence-corrected chi connectivity index (χ2v) is 13.9. The summed E-state index contributed by atoms with van der Waals surface area (Å²) in [5.74, 6) is 0.790. The quantitative estimate of drug-likeness (QED) is 0.179. The van der Waals surface area contributed by atoms with E-state index in [1.165, 1.54) is 39.1 Å². The predicted molar refractivity (Wildman–Crippen MR) is 194 cm³/mol. The van der Waals surface area contributed by atoms with Gasteiger partial charge in [0.1, 0.15) is 0 Å². The molecule has 4 aromatic heterocycles. The van der Waals surface area contributed by atoms with Crippen molar-refractivity contribution in [2.45, 2.75) is 57.9 Å². The summed E-state index contributed by atoms with van der Waals surface area (Å²) in [7, 11) is 0. The van der Waals surface area contributed by atoms with Gasteiger partial charge in [0.2, 0.25) is 17.1 Å². The van der Waals surface area contributed by atoms with Crippen molar-refractivity contribution in [2.24, 2.45) is 0 Å². The van der Waals surface area contributed by atoms with E-state index in [1.54, 1.807) is 0 Å². The number of hydrogen-bond donors (Lipinski definition) is 0. The van der Waals surface area contributed by atoms with Crippen molar-refractivity contribution < 1.29 is 13.6 Å². The van der Waals surface area contributed by atoms with Gasteiger partial charge in [0.25, 0.3) is 0 Å². The number of fused-ring (bicyclic) bond motifs is 13. The number of allylic oxidation sites excluding steroid dienone is 1. The van der Waals surface area contributed by atoms with Gasteiger partial charge < -0.3 is 4.42 Å². The maximum Gasteiger partial charge on any atom is 0.227 e. The maximum atomic E-state index is 6.73. The molecule has 3 aromatic carbocycles. The molecule has 9 rings (SSSR count). The lowest BCUT2D eigenvalue weighted by Gasteiger charge is -2.32. The third-order valence-electron chi connectivity index (χ3n) is 10.7. The molecule has 0 spiro atoms. The lowest BCUT2D eigenvalue weighted by atomic mass is 9.76. The maximum absolute atomic E-state index is 6.73. The molecule has 4 heteroatoms. The zero-order valence-electron chi connectivity index (χ0n) is 27.8. The highest BCUT2D eigenvalue weighted by Gasteiger charge is 2.43. The van der Waals surface area contributed by atoms with Gasteiger partial charge in [-0.15, -0.1) is 0 Å². The molecular formula is C44H39N3O+2. The number of furan rings is 1. The Morgan fingerprint density at radius 1 is 0.812 bits per heavy atom. The molecule has 0 radical (unpaired) electrons. The Balaban J connectivity index is 1.30. The number of pyridine rings is 3. The lowest BCUT2D eigenvalue weighted by Crippen LogP contribution is -2.49. The normalized spacial score (nSPS) is 17.0. The van der Waals surface area contributed by atoms with E-state index in [2.05, 4.69) is 139 Å². The molecule has 0 amide bonds. The van der Waals surface area contributed by atoms with Crippen molar-refractivity contribution in [1.29, 1.82) is 0 Å². The summed E-state index contributed by atoms with van der Waals surface area (Å²) < 4.78 is 11.6. The molecule has 7 aromatic rings. The average molecular weight is 626 g/mol. The third kappa shape index (κ3) is 4.54. The van der Waals surface area contributed by atoms with Crippen LogP contribution in [0, 0.1) is 6.92 Å². The van der Waals surface area contributed by atoms with Gasteiger partial charge in [-0.05, 0) is 84.3 Å². The zero-order chi connectivity index (χ0) is 32.5. The van der Waals surface area contributed by atoms with Crippen molar-refractivity contribution >= 4 is 27.8 Å². The Labute approximate surface area is 281 Å². The van der Waals surface area contributed by atoms with E-state index >= 15 is 0 Å². The Morgan fingerprint density at radius 3 is 2.50 bits per heavy atom. The van der Waals surface area contributed by atoms with Crippen LogP contribution in [0.4, 0.5) is 0 Å². The first-order valence-corrected chi connectivity index (χ1v) is 17.2. The van der Waals surface area contributed by atoms with Crippen LogP contribution in [0.2, 0.25) is 0 Å². The van der Waals surface area contributed by atoms with E-state index in [9.17, 15) is 0 Å². The molecular weight excluding hydrogens is 587 g/mol. The van der Waals surface area contributed by atoms with Gasteiger partial charge in [0.05, 0.1) is 12.0 Å². The fourth-order valence-electron chi connectivity index (χ4n) is 8.22. The van der Waals surface area contributed by atoms with Crippen LogP contribution in [0.1, 0.15) is 67.0 Å². The average Bonchev–Trinajstić information content (AvgIpc) is 3.48. The standard InChI is InChI=1S/C44H39N3O/c1-27(2)32-16-19-34-38(25-32)35-18-14-31-15-20-36-37-17-13-28(3)45-44(37)48-43(36)42(31)41-26-33(30-10-6-5-7-11-30)21-23-46(41)29(4)24-40(35)47-22-9-8-12-39(34)47/h5-13,15-17,19-23,25-27,35,40H,4,14,18,24H2,1-3H3/q+2. The van der Waals surface area contributed by atoms with Gasteiger partial charge in [0.15, 0.2) is 29.7 Å². The van der Waals surface area contributed by atoms with E-state index in [0.29, 0.717) is 17.5 Å². The summed E-state index contributed by atoms with van der Waals surface area (Å²) in [6.07, 6.45) is 7.26. The molecule has 0 saturated heterocycles. The topological polar surface area (TPSA) is 33.8 Å². The van der Waals surface area contributed by atoms with Crippen LogP contribution < -0.4 is 9.13 Å². The minimum Gasteiger partial charge on any atom is -0.437 e. The van der Waals surface area contributed by atoms with Gasteiger partial charge in [-0.2, -0.15) is 9.13 Å². The summed E-state index contributed by atoms with van der Waals surface area (Å²) in [6.45, 7) is 11.4. The number of hydrogen-bond acceptors (Lipinski definition) is 2. The van der Waals surface area contributed by atoms with Crippen LogP contribution >= 0.6 is 0 Å². The van der Waals surface area contributed by atoms with Crippen molar-refractivity contribution in [3.8, 4) is 33.6 Å². The van der Waals surface area contributed by atoms with E-state index in [-0.39, 0.29) is 6.04 Å². The van der Waals surface area contributed by atoms with Crippen LogP contribution in [0.15, 0.2) is 127 Å². The van der Waals surface area contributed by atoms with Crippen LogP contribution in [-0.4, -0.2) is 4.98 Å². The summed E-state index contributed by atoms with van der Waals surface area (Å²) in [6, 6.07) is 38.0. The Bertz CT molecular complexity index is 2400. The van der Waals surface area contributed by atoms with Crippen LogP contribution in [0.5, 0.6) is 0 Å². The largest absolute Gasteiger partial charge is 0.437 e. The number of nitrogens with zero attached hydrogens (tertiary/aromatic N) is 3. The molecule has 48 heavy (non-hydrogen) atoms. The highest BCUT2D eigenvalue weighted by atomic mass is 16.3. The van der Waals surface area contributed by atoms with Crippen molar-refractivity contribution in [3.05, 3.63) is 144 Å². The zero-order valence-corrected chi connectivity index (χ0v) is 27.8. The molecule has 6 heterocycles. The van der Waals surface area contributed by atoms with E-state index in [0.717, 1.165) is 58.3 Å². The van der Waals surface area contributed by atoms with Crippen molar-refractivity contribution in [2.75, 3.05) is 0 Å². The Hall–Kier alpha value is -5.35. The van der Waals surface area contributed by atoms with E-state index in [4.69, 9.17) is 16.0 Å². The molecule has 2 atom stereocenters. The summed E-state index contributed by atoms with van der Waals surface area (Å²) in [5.41, 5.74) is 15.0. The van der Waals surface area contributed by atoms with E-state index in [1.807, 2.05) is 6.92 Å². The fraction of sp³-hybridized carbons (Fsp3) is 0.205. The summed E-state index contributed by atoms with van der Waals surface area (Å²) in [5, 5.41) is 2.15. The SMILES string of the molecule is C=C1CC2C(CCc3ccc4c(oc5nc(C)ccc54)c3-c3cc(-c4ccccc4)cc[n+]31)c1cc(C(C)C)ccc1-c1cccc[n+]12. The molecule has 0 saturated carbocycles. The minimum absolute atomic E-state index is 0.237. The third-order valence-corrected chi connectivity index (χ3v) is 10.7. The predicted octanol–water partition coefficient (Wildman–Crippen LogP) is 10.1. The van der Waals surface area contributed by atoms with Crippen LogP contribution in [-0.2, 0) is 6.42 Å². The Morgan fingerprint density at radius 2 is 1.65 bits per heavy atom. The molecule has 0 bridgehead atoms. The lowest BCUT2D eigenvalue weighted by molar-refractivity contribution is -0.720. The molecule has 0 aliphatic carbocycles. The summed E-state index contributed by atoms with van der Waals surface area (Å²) >= 11 is 0. The summed E-state index contributed by atoms with van der Waals surface area (Å²) in [4.78, 5) is 4.80. The molecule has 0 N–H and O–H groups in total. The second kappa shape index (κ2) is 11.1. The molecule has 2 aliphatic heterocycles. The highest BCUT2D eigenvalue weighted by molar-refractivity contribution is 6.09. The van der Waals surface area contributed by atoms with Gasteiger partial charge in [-0.1, -0.05) is 68.4 Å². The molecule has 234 valence electrons. The fourth-order valence-corrected chi connectivity index (χ4v) is 8.22. The van der Waals surface area contributed by atoms with Gasteiger partial charge in [-0.3, -0.25) is 0 Å². The van der Waals surface area contributed by atoms with Gasteiger partial charge in [-0.25, -0.2) is 4.98 Å².